The quantitative estimate of drug-likeness (QED) is 0.229. The van der Waals surface area contributed by atoms with Crippen molar-refractivity contribution in [3.8, 4) is 21.7 Å². The van der Waals surface area contributed by atoms with E-state index in [0.717, 1.165) is 36.9 Å². The fourth-order valence-corrected chi connectivity index (χ4v) is 4.59. The number of nitrogens with zero attached hydrogens (tertiary/aromatic N) is 1. The molecule has 4 rings (SSSR count). The number of nitrogens with one attached hydrogen (secondary N) is 2. The third-order valence-electron chi connectivity index (χ3n) is 5.14. The van der Waals surface area contributed by atoms with Gasteiger partial charge in [0.25, 0.3) is 5.91 Å². The van der Waals surface area contributed by atoms with Gasteiger partial charge in [0.05, 0.1) is 17.0 Å². The Bertz CT molecular complexity index is 1260. The van der Waals surface area contributed by atoms with Crippen molar-refractivity contribution in [3.05, 3.63) is 94.2 Å². The molecule has 9 heteroatoms. The number of carbonyl (C=O) groups excluding carboxylic acids is 1. The zero-order valence-corrected chi connectivity index (χ0v) is 20.8. The van der Waals surface area contributed by atoms with Gasteiger partial charge in [0.1, 0.15) is 5.82 Å². The van der Waals surface area contributed by atoms with E-state index in [2.05, 4.69) is 26.6 Å². The molecule has 0 fully saturated rings. The van der Waals surface area contributed by atoms with Crippen LogP contribution in [0.1, 0.15) is 22.3 Å². The molecule has 0 saturated carbocycles. The highest BCUT2D eigenvalue weighted by Gasteiger charge is 2.15. The minimum absolute atomic E-state index is 0.0820. The molecule has 1 heterocycles. The van der Waals surface area contributed by atoms with Gasteiger partial charge in [-0.15, -0.1) is 0 Å². The number of hydrogen-bond acceptors (Lipinski definition) is 5. The predicted molar refractivity (Wildman–Crippen MR) is 139 cm³/mol. The number of benzene rings is 3. The molecule has 1 aromatic heterocycles. The van der Waals surface area contributed by atoms with Crippen LogP contribution in [0.5, 0.6) is 0 Å². The molecule has 1 amide bonds. The Morgan fingerprint density at radius 3 is 2.26 bits per heavy atom. The molecular weight excluding hydrogens is 533 g/mol. The van der Waals surface area contributed by atoms with Crippen molar-refractivity contribution in [2.24, 2.45) is 0 Å². The third-order valence-corrected chi connectivity index (χ3v) is 6.73. The van der Waals surface area contributed by atoms with Crippen LogP contribution in [0.3, 0.4) is 0 Å². The lowest BCUT2D eigenvalue weighted by atomic mass is 10.1. The number of anilines is 1. The summed E-state index contributed by atoms with van der Waals surface area (Å²) in [5, 5.41) is 15.3. The number of hydrogen-bond donors (Lipinski definition) is 3. The molecule has 0 saturated heterocycles. The molecule has 4 aromatic rings. The lowest BCUT2D eigenvalue weighted by molar-refractivity contribution is -0.136. The average Bonchev–Trinajstić information content (AvgIpc) is 3.28. The summed E-state index contributed by atoms with van der Waals surface area (Å²) in [4.78, 5) is 28.4. The number of thiazole rings is 1. The van der Waals surface area contributed by atoms with Crippen molar-refractivity contribution < 1.29 is 19.1 Å². The molecule has 178 valence electrons. The Balaban J connectivity index is 1.49. The Morgan fingerprint density at radius 1 is 0.943 bits per heavy atom. The summed E-state index contributed by atoms with van der Waals surface area (Å²) < 4.78 is 14.4. The van der Waals surface area contributed by atoms with E-state index in [1.165, 1.54) is 23.5 Å². The summed E-state index contributed by atoms with van der Waals surface area (Å²) in [6.07, 6.45) is -0.121. The van der Waals surface area contributed by atoms with Crippen LogP contribution in [0.25, 0.3) is 21.7 Å². The fourth-order valence-electron chi connectivity index (χ4n) is 3.33. The summed E-state index contributed by atoms with van der Waals surface area (Å²) >= 11 is 4.98. The number of halogens is 2. The normalized spacial score (nSPS) is 10.7. The van der Waals surface area contributed by atoms with E-state index in [9.17, 15) is 14.0 Å². The summed E-state index contributed by atoms with van der Waals surface area (Å²) in [7, 11) is 0. The van der Waals surface area contributed by atoms with Gasteiger partial charge in [-0.05, 0) is 59.7 Å². The van der Waals surface area contributed by atoms with E-state index in [-0.39, 0.29) is 24.7 Å². The Morgan fingerprint density at radius 2 is 1.60 bits per heavy atom. The minimum Gasteiger partial charge on any atom is -0.481 e. The summed E-state index contributed by atoms with van der Waals surface area (Å²) in [5.41, 5.74) is 4.02. The van der Waals surface area contributed by atoms with Crippen LogP contribution < -0.4 is 10.6 Å². The van der Waals surface area contributed by atoms with E-state index in [1.54, 1.807) is 24.3 Å². The van der Waals surface area contributed by atoms with Crippen molar-refractivity contribution in [1.29, 1.82) is 0 Å². The molecule has 0 aliphatic heterocycles. The first-order chi connectivity index (χ1) is 16.9. The average molecular weight is 554 g/mol. The molecule has 6 nitrogen and oxygen atoms in total. The number of aliphatic carboxylic acids is 1. The number of aromatic nitrogens is 1. The number of rotatable bonds is 9. The molecule has 0 aliphatic rings. The van der Waals surface area contributed by atoms with Gasteiger partial charge in [0.15, 0.2) is 5.13 Å². The first kappa shape index (κ1) is 24.6. The molecular formula is C26H21BrFN3O3S. The van der Waals surface area contributed by atoms with Crippen molar-refractivity contribution in [1.82, 2.24) is 10.3 Å². The molecule has 0 radical (unpaired) electrons. The lowest BCUT2D eigenvalue weighted by Crippen LogP contribution is -2.25. The summed E-state index contributed by atoms with van der Waals surface area (Å²) in [5.74, 6) is -1.57. The van der Waals surface area contributed by atoms with Crippen LogP contribution in [-0.2, 0) is 11.3 Å². The Kier molecular flexibility index (Phi) is 7.89. The maximum absolute atomic E-state index is 13.5. The number of carboxylic acids is 1. The van der Waals surface area contributed by atoms with E-state index >= 15 is 0 Å². The van der Waals surface area contributed by atoms with Crippen molar-refractivity contribution in [2.75, 3.05) is 11.9 Å². The zero-order chi connectivity index (χ0) is 24.8. The first-order valence-electron chi connectivity index (χ1n) is 10.7. The summed E-state index contributed by atoms with van der Waals surface area (Å²) in [6, 6.07) is 21.3. The number of carbonyl (C=O) groups is 2. The highest BCUT2D eigenvalue weighted by molar-refractivity contribution is 9.10. The van der Waals surface area contributed by atoms with Gasteiger partial charge in [0, 0.05) is 28.7 Å². The molecule has 0 unspecified atom stereocenters. The van der Waals surface area contributed by atoms with E-state index in [1.807, 2.05) is 36.4 Å². The molecule has 0 atom stereocenters. The standard InChI is InChI=1S/C26H21BrFN3O3S/c27-20-9-5-18(6-10-20)24-23(17-7-11-21(28)12-8-17)31-26(35-24)30-15-16-1-3-19(4-2-16)25(34)29-14-13-22(32)33/h1-12H,13-15H2,(H,29,34)(H,30,31)(H,32,33). The van der Waals surface area contributed by atoms with Gasteiger partial charge in [-0.3, -0.25) is 9.59 Å². The molecule has 0 aliphatic carbocycles. The van der Waals surface area contributed by atoms with Crippen molar-refractivity contribution in [2.45, 2.75) is 13.0 Å². The molecule has 3 aromatic carbocycles. The first-order valence-corrected chi connectivity index (χ1v) is 12.4. The predicted octanol–water partition coefficient (Wildman–Crippen LogP) is 6.20. The Hall–Kier alpha value is -3.56. The van der Waals surface area contributed by atoms with Crippen LogP contribution in [0.4, 0.5) is 9.52 Å². The molecule has 35 heavy (non-hydrogen) atoms. The van der Waals surface area contributed by atoms with Gasteiger partial charge >= 0.3 is 5.97 Å². The van der Waals surface area contributed by atoms with Gasteiger partial charge in [-0.2, -0.15) is 0 Å². The lowest BCUT2D eigenvalue weighted by Gasteiger charge is -2.06. The largest absolute Gasteiger partial charge is 0.481 e. The van der Waals surface area contributed by atoms with E-state index in [4.69, 9.17) is 10.1 Å². The zero-order valence-electron chi connectivity index (χ0n) is 18.4. The monoisotopic (exact) mass is 553 g/mol. The van der Waals surface area contributed by atoms with Gasteiger partial charge in [-0.1, -0.05) is 51.5 Å². The SMILES string of the molecule is O=C(O)CCNC(=O)c1ccc(CNc2nc(-c3ccc(F)cc3)c(-c3ccc(Br)cc3)s2)cc1. The van der Waals surface area contributed by atoms with Crippen LogP contribution >= 0.6 is 27.3 Å². The fraction of sp³-hybridized carbons (Fsp3) is 0.115. The van der Waals surface area contributed by atoms with Crippen LogP contribution in [-0.4, -0.2) is 28.5 Å². The summed E-state index contributed by atoms with van der Waals surface area (Å²) in [6.45, 7) is 0.579. The van der Waals surface area contributed by atoms with Crippen molar-refractivity contribution >= 4 is 44.3 Å². The van der Waals surface area contributed by atoms with Gasteiger partial charge < -0.3 is 15.7 Å². The molecule has 0 spiro atoms. The minimum atomic E-state index is -0.959. The van der Waals surface area contributed by atoms with Gasteiger partial charge in [0.2, 0.25) is 0 Å². The number of amides is 1. The molecule has 3 N–H and O–H groups in total. The third kappa shape index (κ3) is 6.52. The maximum Gasteiger partial charge on any atom is 0.305 e. The number of carboxylic acid groups (broad SMARTS) is 1. The van der Waals surface area contributed by atoms with Crippen LogP contribution in [0.15, 0.2) is 77.3 Å². The maximum atomic E-state index is 13.5. The highest BCUT2D eigenvalue weighted by Crippen LogP contribution is 2.39. The van der Waals surface area contributed by atoms with Gasteiger partial charge in [-0.25, -0.2) is 9.37 Å². The van der Waals surface area contributed by atoms with E-state index in [0.29, 0.717) is 12.1 Å². The van der Waals surface area contributed by atoms with Crippen LogP contribution in [0.2, 0.25) is 0 Å². The second-order valence-electron chi connectivity index (χ2n) is 7.66. The van der Waals surface area contributed by atoms with E-state index < -0.39 is 5.97 Å². The van der Waals surface area contributed by atoms with Crippen molar-refractivity contribution in [3.63, 3.8) is 0 Å². The topological polar surface area (TPSA) is 91.3 Å². The molecule has 0 bridgehead atoms. The Labute approximate surface area is 214 Å². The smallest absolute Gasteiger partial charge is 0.305 e. The highest BCUT2D eigenvalue weighted by atomic mass is 79.9. The second-order valence-corrected chi connectivity index (χ2v) is 9.58. The second kappa shape index (κ2) is 11.2. The van der Waals surface area contributed by atoms with Crippen LogP contribution in [0, 0.1) is 5.82 Å².